The second-order valence-corrected chi connectivity index (χ2v) is 5.59. The van der Waals surface area contributed by atoms with Crippen molar-refractivity contribution < 1.29 is 0 Å². The molecule has 0 radical (unpaired) electrons. The van der Waals surface area contributed by atoms with Crippen LogP contribution in [0.2, 0.25) is 0 Å². The van der Waals surface area contributed by atoms with Gasteiger partial charge in [-0.2, -0.15) is 5.26 Å². The zero-order valence-electron chi connectivity index (χ0n) is 13.8. The Balaban J connectivity index is 2.03. The summed E-state index contributed by atoms with van der Waals surface area (Å²) in [6.45, 7) is 3.75. The van der Waals surface area contributed by atoms with Crippen LogP contribution in [-0.2, 0) is 0 Å². The van der Waals surface area contributed by atoms with Crippen molar-refractivity contribution in [3.05, 3.63) is 41.7 Å². The molecule has 2 N–H and O–H groups in total. The smallest absolute Gasteiger partial charge is 0.136 e. The second-order valence-electron chi connectivity index (χ2n) is 5.59. The second kappa shape index (κ2) is 8.11. The molecule has 0 bridgehead atoms. The van der Waals surface area contributed by atoms with Gasteiger partial charge in [-0.25, -0.2) is 9.97 Å². The summed E-state index contributed by atoms with van der Waals surface area (Å²) in [6, 6.07) is 11.3. The fraction of sp³-hybridized carbons (Fsp3) is 0.353. The van der Waals surface area contributed by atoms with Gasteiger partial charge in [-0.15, -0.1) is 0 Å². The van der Waals surface area contributed by atoms with Crippen molar-refractivity contribution in [1.29, 1.82) is 5.26 Å². The van der Waals surface area contributed by atoms with E-state index in [1.54, 1.807) is 12.1 Å². The topological polar surface area (TPSA) is 76.9 Å². The van der Waals surface area contributed by atoms with Crippen LogP contribution in [0.1, 0.15) is 17.8 Å². The van der Waals surface area contributed by atoms with Crippen molar-refractivity contribution in [3.8, 4) is 6.07 Å². The Bertz CT molecular complexity index is 690. The van der Waals surface area contributed by atoms with E-state index in [0.29, 0.717) is 17.2 Å². The molecule has 6 heteroatoms. The van der Waals surface area contributed by atoms with E-state index in [-0.39, 0.29) is 0 Å². The van der Waals surface area contributed by atoms with E-state index in [0.717, 1.165) is 31.0 Å². The van der Waals surface area contributed by atoms with Crippen LogP contribution in [0, 0.1) is 18.3 Å². The first kappa shape index (κ1) is 16.7. The molecule has 0 unspecified atom stereocenters. The van der Waals surface area contributed by atoms with Crippen molar-refractivity contribution in [1.82, 2.24) is 14.9 Å². The lowest BCUT2D eigenvalue weighted by molar-refractivity contribution is 0.405. The summed E-state index contributed by atoms with van der Waals surface area (Å²) < 4.78 is 0. The first-order valence-corrected chi connectivity index (χ1v) is 7.58. The van der Waals surface area contributed by atoms with Crippen LogP contribution in [-0.4, -0.2) is 42.1 Å². The van der Waals surface area contributed by atoms with Crippen molar-refractivity contribution in [2.75, 3.05) is 37.8 Å². The summed E-state index contributed by atoms with van der Waals surface area (Å²) in [4.78, 5) is 10.9. The van der Waals surface area contributed by atoms with Gasteiger partial charge in [-0.3, -0.25) is 0 Å². The largest absolute Gasteiger partial charge is 0.370 e. The third kappa shape index (κ3) is 5.57. The number of aryl methyl sites for hydroxylation is 1. The molecule has 23 heavy (non-hydrogen) atoms. The Hall–Kier alpha value is -2.65. The molecule has 6 nitrogen and oxygen atoms in total. The maximum atomic E-state index is 8.96. The van der Waals surface area contributed by atoms with E-state index >= 15 is 0 Å². The highest BCUT2D eigenvalue weighted by Crippen LogP contribution is 2.18. The zero-order valence-corrected chi connectivity index (χ0v) is 13.8. The number of nitriles is 1. The molecule has 2 aromatic rings. The zero-order chi connectivity index (χ0) is 16.7. The monoisotopic (exact) mass is 310 g/mol. The molecule has 1 heterocycles. The third-order valence-corrected chi connectivity index (χ3v) is 3.19. The van der Waals surface area contributed by atoms with E-state index in [1.165, 1.54) is 0 Å². The normalized spacial score (nSPS) is 10.4. The third-order valence-electron chi connectivity index (χ3n) is 3.19. The maximum Gasteiger partial charge on any atom is 0.136 e. The average Bonchev–Trinajstić information content (AvgIpc) is 2.51. The standard InChI is InChI=1S/C17H22N6/c1-13-20-16(19-8-5-9-23(2)3)11-17(21-13)22-15-7-4-6-14(10-15)12-18/h4,6-7,10-11H,5,8-9H2,1-3H3,(H2,19,20,21,22). The molecular formula is C17H22N6. The molecular weight excluding hydrogens is 288 g/mol. The predicted octanol–water partition coefficient (Wildman–Crippen LogP) is 2.76. The highest BCUT2D eigenvalue weighted by molar-refractivity contribution is 5.60. The minimum Gasteiger partial charge on any atom is -0.370 e. The first-order chi connectivity index (χ1) is 11.1. The van der Waals surface area contributed by atoms with E-state index < -0.39 is 0 Å². The van der Waals surface area contributed by atoms with Crippen LogP contribution >= 0.6 is 0 Å². The van der Waals surface area contributed by atoms with Gasteiger partial charge < -0.3 is 15.5 Å². The molecule has 0 fully saturated rings. The molecule has 120 valence electrons. The van der Waals surface area contributed by atoms with Gasteiger partial charge in [0.1, 0.15) is 17.5 Å². The van der Waals surface area contributed by atoms with E-state index in [4.69, 9.17) is 5.26 Å². The van der Waals surface area contributed by atoms with Gasteiger partial charge >= 0.3 is 0 Å². The fourth-order valence-corrected chi connectivity index (χ4v) is 2.15. The highest BCUT2D eigenvalue weighted by Gasteiger charge is 2.03. The molecule has 0 aliphatic rings. The number of hydrogen-bond donors (Lipinski definition) is 2. The lowest BCUT2D eigenvalue weighted by Gasteiger charge is -2.12. The van der Waals surface area contributed by atoms with E-state index in [9.17, 15) is 0 Å². The number of hydrogen-bond acceptors (Lipinski definition) is 6. The van der Waals surface area contributed by atoms with Gasteiger partial charge in [-0.05, 0) is 52.2 Å². The fourth-order valence-electron chi connectivity index (χ4n) is 2.15. The van der Waals surface area contributed by atoms with Crippen LogP contribution in [0.5, 0.6) is 0 Å². The summed E-state index contributed by atoms with van der Waals surface area (Å²) in [6.07, 6.45) is 1.04. The molecule has 0 spiro atoms. The Kier molecular flexibility index (Phi) is 5.89. The Morgan fingerprint density at radius 3 is 2.70 bits per heavy atom. The molecule has 0 saturated carbocycles. The van der Waals surface area contributed by atoms with Crippen molar-refractivity contribution in [3.63, 3.8) is 0 Å². The van der Waals surface area contributed by atoms with E-state index in [1.807, 2.05) is 25.1 Å². The molecule has 0 aliphatic carbocycles. The molecule has 0 amide bonds. The lowest BCUT2D eigenvalue weighted by atomic mass is 10.2. The van der Waals surface area contributed by atoms with Crippen LogP contribution in [0.4, 0.5) is 17.3 Å². The Labute approximate surface area is 137 Å². The average molecular weight is 310 g/mol. The van der Waals surface area contributed by atoms with Gasteiger partial charge in [0.05, 0.1) is 11.6 Å². The molecule has 0 atom stereocenters. The molecule has 0 saturated heterocycles. The first-order valence-electron chi connectivity index (χ1n) is 7.58. The summed E-state index contributed by atoms with van der Waals surface area (Å²) >= 11 is 0. The van der Waals surface area contributed by atoms with Gasteiger partial charge in [0.2, 0.25) is 0 Å². The van der Waals surface area contributed by atoms with Crippen molar-refractivity contribution in [2.45, 2.75) is 13.3 Å². The number of nitrogens with one attached hydrogen (secondary N) is 2. The Morgan fingerprint density at radius 2 is 1.96 bits per heavy atom. The van der Waals surface area contributed by atoms with Gasteiger partial charge in [-0.1, -0.05) is 6.07 Å². The van der Waals surface area contributed by atoms with Crippen LogP contribution in [0.3, 0.4) is 0 Å². The van der Waals surface area contributed by atoms with Crippen LogP contribution < -0.4 is 10.6 Å². The molecule has 0 aliphatic heterocycles. The molecule has 1 aromatic heterocycles. The van der Waals surface area contributed by atoms with E-state index in [2.05, 4.69) is 45.7 Å². The molecule has 2 rings (SSSR count). The number of rotatable bonds is 7. The summed E-state index contributed by atoms with van der Waals surface area (Å²) in [7, 11) is 4.12. The quantitative estimate of drug-likeness (QED) is 0.766. The minimum atomic E-state index is 0.614. The minimum absolute atomic E-state index is 0.614. The lowest BCUT2D eigenvalue weighted by Crippen LogP contribution is -2.16. The SMILES string of the molecule is Cc1nc(NCCCN(C)C)cc(Nc2cccc(C#N)c2)n1. The summed E-state index contributed by atoms with van der Waals surface area (Å²) in [5.74, 6) is 2.21. The van der Waals surface area contributed by atoms with Crippen LogP contribution in [0.15, 0.2) is 30.3 Å². The number of benzene rings is 1. The van der Waals surface area contributed by atoms with Crippen molar-refractivity contribution >= 4 is 17.3 Å². The summed E-state index contributed by atoms with van der Waals surface area (Å²) in [5, 5.41) is 15.5. The Morgan fingerprint density at radius 1 is 1.17 bits per heavy atom. The van der Waals surface area contributed by atoms with Gasteiger partial charge in [0, 0.05) is 18.3 Å². The maximum absolute atomic E-state index is 8.96. The molecule has 1 aromatic carbocycles. The predicted molar refractivity (Wildman–Crippen MR) is 92.9 cm³/mol. The highest BCUT2D eigenvalue weighted by atomic mass is 15.1. The number of anilines is 3. The summed E-state index contributed by atoms with van der Waals surface area (Å²) in [5.41, 5.74) is 1.45. The van der Waals surface area contributed by atoms with Gasteiger partial charge in [0.15, 0.2) is 0 Å². The number of aromatic nitrogens is 2. The van der Waals surface area contributed by atoms with Crippen LogP contribution in [0.25, 0.3) is 0 Å². The van der Waals surface area contributed by atoms with Gasteiger partial charge in [0.25, 0.3) is 0 Å². The number of nitrogens with zero attached hydrogens (tertiary/aromatic N) is 4. The van der Waals surface area contributed by atoms with Crippen molar-refractivity contribution in [2.24, 2.45) is 0 Å².